The molecule has 0 spiro atoms. The first-order valence-corrected chi connectivity index (χ1v) is 21.4. The maximum absolute atomic E-state index is 15.3. The molecule has 4 heterocycles. The minimum Gasteiger partial charge on any atom is -0.371 e. The number of aromatic nitrogens is 2. The van der Waals surface area contributed by atoms with E-state index in [-0.39, 0.29) is 46.6 Å². The van der Waals surface area contributed by atoms with Crippen LogP contribution in [0.15, 0.2) is 91.1 Å². The molecule has 4 aromatic carbocycles. The average molecular weight is 894 g/mol. The quantitative estimate of drug-likeness (QED) is 0.0524. The van der Waals surface area contributed by atoms with Crippen molar-refractivity contribution in [1.29, 1.82) is 0 Å². The van der Waals surface area contributed by atoms with Crippen molar-refractivity contribution in [3.05, 3.63) is 126 Å². The van der Waals surface area contributed by atoms with Crippen LogP contribution in [0.1, 0.15) is 52.8 Å². The standard InChI is InChI=1S/C46H47F4N11O4/c47-35-4-2-1-3-33(35)43(63)53-30-7-5-29(6-8-30)52-42-38(50)27-51-46(57-42)54-31-9-11-34(36(48)25-31)44(64)58-61-19-16-28(17-20-61)15-18-59-21-23-60(24-22-59)32-10-12-39(37(49)26-32)55-40-13-14-41(62)56-45(40)65/h1-12,25-28,40,55H,13-24H2,(H,53,63)(H,58,64)(H,56,62,65)(H2,51,52,54,57). The van der Waals surface area contributed by atoms with Gasteiger partial charge in [0.25, 0.3) is 11.8 Å². The number of carbonyl (C=O) groups excluding carboxylic acids is 4. The highest BCUT2D eigenvalue weighted by Gasteiger charge is 2.28. The number of hydrogen-bond acceptors (Lipinski definition) is 12. The third-order valence-electron chi connectivity index (χ3n) is 11.7. The van der Waals surface area contributed by atoms with E-state index in [4.69, 9.17) is 0 Å². The summed E-state index contributed by atoms with van der Waals surface area (Å²) in [5, 5.41) is 15.3. The SMILES string of the molecule is O=C1CCC(Nc2ccc(N3CCN(CCC4CCN(NC(=O)c5ccc(Nc6ncc(F)c(Nc7ccc(NC(=O)c8ccccc8F)cc7)n6)cc5F)CC4)CC3)cc2F)C(=O)N1. The fourth-order valence-corrected chi connectivity index (χ4v) is 8.01. The zero-order chi connectivity index (χ0) is 45.5. The lowest BCUT2D eigenvalue weighted by Gasteiger charge is -2.37. The zero-order valence-electron chi connectivity index (χ0n) is 35.2. The van der Waals surface area contributed by atoms with E-state index in [1.165, 1.54) is 36.4 Å². The summed E-state index contributed by atoms with van der Waals surface area (Å²) in [6, 6.07) is 20.1. The van der Waals surface area contributed by atoms with Crippen LogP contribution in [0.3, 0.4) is 0 Å². The van der Waals surface area contributed by atoms with E-state index in [1.807, 2.05) is 11.1 Å². The van der Waals surface area contributed by atoms with Gasteiger partial charge in [0.1, 0.15) is 23.5 Å². The molecular formula is C46H47F4N11O4. The molecule has 1 aromatic heterocycles. The van der Waals surface area contributed by atoms with Gasteiger partial charge in [0.15, 0.2) is 11.6 Å². The molecule has 4 amide bonds. The summed E-state index contributed by atoms with van der Waals surface area (Å²) in [6.07, 6.45) is 4.22. The largest absolute Gasteiger partial charge is 0.371 e. The van der Waals surface area contributed by atoms with E-state index in [0.717, 1.165) is 69.9 Å². The molecule has 3 aliphatic rings. The summed E-state index contributed by atoms with van der Waals surface area (Å²) in [5.74, 6) is -4.33. The Bertz CT molecular complexity index is 2550. The molecule has 19 heteroatoms. The van der Waals surface area contributed by atoms with Gasteiger partial charge in [-0.25, -0.2) is 27.6 Å². The van der Waals surface area contributed by atoms with Gasteiger partial charge in [-0.15, -0.1) is 0 Å². The molecule has 1 unspecified atom stereocenters. The van der Waals surface area contributed by atoms with Gasteiger partial charge in [-0.05, 0) is 111 Å². The van der Waals surface area contributed by atoms with Crippen LogP contribution in [0.5, 0.6) is 0 Å². The van der Waals surface area contributed by atoms with E-state index in [9.17, 15) is 28.0 Å². The second-order valence-electron chi connectivity index (χ2n) is 16.1. The van der Waals surface area contributed by atoms with E-state index >= 15 is 8.78 Å². The number of nitrogens with one attached hydrogen (secondary N) is 6. The Balaban J connectivity index is 0.749. The highest BCUT2D eigenvalue weighted by atomic mass is 19.1. The smallest absolute Gasteiger partial charge is 0.268 e. The molecule has 338 valence electrons. The number of anilines is 7. The third kappa shape index (κ3) is 11.3. The monoisotopic (exact) mass is 893 g/mol. The second kappa shape index (κ2) is 20.2. The van der Waals surface area contributed by atoms with Crippen molar-refractivity contribution < 1.29 is 36.7 Å². The number of piperazine rings is 1. The Morgan fingerprint density at radius 1 is 0.708 bits per heavy atom. The summed E-state index contributed by atoms with van der Waals surface area (Å²) in [7, 11) is 0. The van der Waals surface area contributed by atoms with Gasteiger partial charge < -0.3 is 26.2 Å². The molecule has 0 saturated carbocycles. The summed E-state index contributed by atoms with van der Waals surface area (Å²) >= 11 is 0. The van der Waals surface area contributed by atoms with Gasteiger partial charge in [-0.2, -0.15) is 4.98 Å². The number of nitrogens with zero attached hydrogens (tertiary/aromatic N) is 5. The summed E-state index contributed by atoms with van der Waals surface area (Å²) in [6.45, 7) is 5.35. The van der Waals surface area contributed by atoms with E-state index < -0.39 is 47.0 Å². The van der Waals surface area contributed by atoms with Gasteiger partial charge in [0.2, 0.25) is 17.8 Å². The van der Waals surface area contributed by atoms with Crippen molar-refractivity contribution in [2.45, 2.75) is 38.1 Å². The molecule has 0 radical (unpaired) electrons. The number of hydrogen-bond donors (Lipinski definition) is 6. The average Bonchev–Trinajstić information content (AvgIpc) is 3.29. The van der Waals surface area contributed by atoms with Gasteiger partial charge in [0, 0.05) is 68.4 Å². The molecular weight excluding hydrogens is 847 g/mol. The fourth-order valence-electron chi connectivity index (χ4n) is 8.01. The van der Waals surface area contributed by atoms with Crippen molar-refractivity contribution >= 4 is 63.8 Å². The van der Waals surface area contributed by atoms with Gasteiger partial charge in [0.05, 0.1) is 23.0 Å². The molecule has 8 rings (SSSR count). The second-order valence-corrected chi connectivity index (χ2v) is 16.1. The van der Waals surface area contributed by atoms with Gasteiger partial charge in [-0.3, -0.25) is 34.8 Å². The minimum absolute atomic E-state index is 0.0358. The first kappa shape index (κ1) is 44.5. The number of benzene rings is 4. The highest BCUT2D eigenvalue weighted by molar-refractivity contribution is 6.04. The number of hydrazine groups is 1. The number of carbonyl (C=O) groups is 4. The molecule has 5 aromatic rings. The molecule has 1 atom stereocenters. The van der Waals surface area contributed by atoms with E-state index in [2.05, 4.69) is 51.8 Å². The van der Waals surface area contributed by atoms with E-state index in [1.54, 1.807) is 36.4 Å². The Morgan fingerprint density at radius 2 is 1.43 bits per heavy atom. The lowest BCUT2D eigenvalue weighted by molar-refractivity contribution is -0.133. The van der Waals surface area contributed by atoms with E-state index in [0.29, 0.717) is 36.8 Å². The predicted octanol–water partition coefficient (Wildman–Crippen LogP) is 6.56. The number of rotatable bonds is 14. The van der Waals surface area contributed by atoms with Gasteiger partial charge >= 0.3 is 0 Å². The molecule has 15 nitrogen and oxygen atoms in total. The van der Waals surface area contributed by atoms with Crippen LogP contribution in [0.25, 0.3) is 0 Å². The minimum atomic E-state index is -0.769. The van der Waals surface area contributed by atoms with Crippen LogP contribution >= 0.6 is 0 Å². The third-order valence-corrected chi connectivity index (χ3v) is 11.7. The summed E-state index contributed by atoms with van der Waals surface area (Å²) in [5.41, 5.74) is 4.64. The zero-order valence-corrected chi connectivity index (χ0v) is 35.2. The van der Waals surface area contributed by atoms with Crippen LogP contribution in [0.2, 0.25) is 0 Å². The van der Waals surface area contributed by atoms with Crippen molar-refractivity contribution in [2.75, 3.05) is 72.0 Å². The Hall–Kier alpha value is -7.12. The van der Waals surface area contributed by atoms with Crippen LogP contribution in [0, 0.1) is 29.2 Å². The molecule has 3 aliphatic heterocycles. The molecule has 3 fully saturated rings. The summed E-state index contributed by atoms with van der Waals surface area (Å²) in [4.78, 5) is 61.7. The maximum atomic E-state index is 15.3. The number of imide groups is 1. The normalized spacial score (nSPS) is 17.3. The van der Waals surface area contributed by atoms with Crippen LogP contribution in [0.4, 0.5) is 57.8 Å². The molecule has 0 bridgehead atoms. The molecule has 0 aliphatic carbocycles. The fraction of sp³-hybridized carbons (Fsp3) is 0.304. The van der Waals surface area contributed by atoms with Crippen molar-refractivity contribution in [1.82, 2.24) is 30.6 Å². The molecule has 65 heavy (non-hydrogen) atoms. The molecule has 6 N–H and O–H groups in total. The Labute approximate surface area is 372 Å². The maximum Gasteiger partial charge on any atom is 0.268 e. The predicted molar refractivity (Wildman–Crippen MR) is 237 cm³/mol. The van der Waals surface area contributed by atoms with Crippen molar-refractivity contribution in [3.8, 4) is 0 Å². The topological polar surface area (TPSA) is 176 Å². The van der Waals surface area contributed by atoms with Crippen LogP contribution in [-0.4, -0.2) is 95.4 Å². The van der Waals surface area contributed by atoms with Gasteiger partial charge in [-0.1, -0.05) is 12.1 Å². The molecule has 3 saturated heterocycles. The summed E-state index contributed by atoms with van der Waals surface area (Å²) < 4.78 is 59.0. The number of halogens is 4. The van der Waals surface area contributed by atoms with Crippen LogP contribution < -0.4 is 36.9 Å². The Morgan fingerprint density at radius 3 is 2.15 bits per heavy atom. The van der Waals surface area contributed by atoms with Crippen LogP contribution in [-0.2, 0) is 9.59 Å². The first-order valence-electron chi connectivity index (χ1n) is 21.4. The lowest BCUT2D eigenvalue weighted by atomic mass is 9.94. The lowest BCUT2D eigenvalue weighted by Crippen LogP contribution is -2.48. The highest BCUT2D eigenvalue weighted by Crippen LogP contribution is 2.27. The van der Waals surface area contributed by atoms with Crippen molar-refractivity contribution in [2.24, 2.45) is 5.92 Å². The number of piperidine rings is 2. The Kier molecular flexibility index (Phi) is 13.8. The van der Waals surface area contributed by atoms with Crippen molar-refractivity contribution in [3.63, 3.8) is 0 Å². The number of amides is 4. The first-order chi connectivity index (χ1) is 31.4.